The summed E-state index contributed by atoms with van der Waals surface area (Å²) in [5, 5.41) is 1.66. The van der Waals surface area contributed by atoms with Crippen LogP contribution in [0.15, 0.2) is 176 Å². The SMILES string of the molecule is [2H]c1c([2H])c([2H])c2c(c1[2H])c1c([2H])c([2H])c([2H])c([2H])c1n2-c1ccc2c(c1)c1ccccc1n2-c1nc(-c2ccccc2)nc(-c2ccc(-c3ccccc3)cc2)n1. The molecular formula is C45H29N5. The van der Waals surface area contributed by atoms with Gasteiger partial charge in [0.2, 0.25) is 5.95 Å². The number of nitrogens with zero attached hydrogens (tertiary/aromatic N) is 5. The Bertz CT molecular complexity index is 3230. The maximum absolute atomic E-state index is 8.99. The van der Waals surface area contributed by atoms with Crippen molar-refractivity contribution in [2.45, 2.75) is 0 Å². The fraction of sp³-hybridized carbons (Fsp3) is 0. The number of hydrogen-bond acceptors (Lipinski definition) is 3. The summed E-state index contributed by atoms with van der Waals surface area (Å²) >= 11 is 0. The molecule has 0 fully saturated rings. The standard InChI is InChI=1S/C45H29N5/c1-3-13-30(14-4-1)31-23-25-33(26-24-31)44-46-43(32-15-5-2-6-16-32)47-45(48-44)50-41-22-12-9-19-37(41)38-29-34(27-28-42(38)50)49-39-20-10-7-17-35(39)36-18-8-11-21-40(36)49/h1-29H/i7D,8D,10D,11D,17D,18D,20D,21D. The van der Waals surface area contributed by atoms with Gasteiger partial charge in [0.25, 0.3) is 0 Å². The van der Waals surface area contributed by atoms with Gasteiger partial charge in [0, 0.05) is 38.4 Å². The molecular weight excluding hydrogens is 611 g/mol. The van der Waals surface area contributed by atoms with Crippen LogP contribution in [-0.2, 0) is 0 Å². The van der Waals surface area contributed by atoms with Crippen molar-refractivity contribution in [3.05, 3.63) is 176 Å². The van der Waals surface area contributed by atoms with Crippen LogP contribution in [-0.4, -0.2) is 24.1 Å². The Hall–Kier alpha value is -6.85. The lowest BCUT2D eigenvalue weighted by atomic mass is 10.0. The molecule has 0 spiro atoms. The quantitative estimate of drug-likeness (QED) is 0.187. The van der Waals surface area contributed by atoms with Crippen molar-refractivity contribution in [1.82, 2.24) is 24.1 Å². The van der Waals surface area contributed by atoms with Crippen LogP contribution in [0.3, 0.4) is 0 Å². The van der Waals surface area contributed by atoms with Crippen molar-refractivity contribution >= 4 is 43.6 Å². The molecule has 7 aromatic carbocycles. The van der Waals surface area contributed by atoms with Gasteiger partial charge in [-0.05, 0) is 47.5 Å². The Morgan fingerprint density at radius 1 is 0.380 bits per heavy atom. The molecule has 0 aliphatic rings. The minimum Gasteiger partial charge on any atom is -0.309 e. The minimum atomic E-state index is -0.485. The van der Waals surface area contributed by atoms with Gasteiger partial charge in [-0.2, -0.15) is 9.97 Å². The van der Waals surface area contributed by atoms with E-state index in [1.807, 2.05) is 114 Å². The molecule has 0 aliphatic heterocycles. The van der Waals surface area contributed by atoms with Gasteiger partial charge in [0.05, 0.1) is 33.0 Å². The highest BCUT2D eigenvalue weighted by Crippen LogP contribution is 2.37. The Morgan fingerprint density at radius 2 is 0.900 bits per heavy atom. The van der Waals surface area contributed by atoms with E-state index in [0.717, 1.165) is 44.1 Å². The van der Waals surface area contributed by atoms with E-state index in [1.54, 1.807) is 6.07 Å². The summed E-state index contributed by atoms with van der Waals surface area (Å²) < 4.78 is 73.1. The second kappa shape index (κ2) is 11.4. The third-order valence-corrected chi connectivity index (χ3v) is 9.05. The number of rotatable bonds is 5. The Labute approximate surface area is 299 Å². The fourth-order valence-electron chi connectivity index (χ4n) is 6.75. The first-order valence-corrected chi connectivity index (χ1v) is 16.1. The highest BCUT2D eigenvalue weighted by atomic mass is 15.2. The molecule has 0 amide bonds. The average Bonchev–Trinajstić information content (AvgIpc) is 3.80. The first kappa shape index (κ1) is 21.2. The van der Waals surface area contributed by atoms with Crippen molar-refractivity contribution in [1.29, 1.82) is 0 Å². The number of aromatic nitrogens is 5. The molecule has 0 unspecified atom stereocenters. The first-order chi connectivity index (χ1) is 28.1. The Kier molecular flexibility index (Phi) is 4.83. The van der Waals surface area contributed by atoms with Crippen LogP contribution in [0.4, 0.5) is 0 Å². The van der Waals surface area contributed by atoms with E-state index >= 15 is 0 Å². The normalized spacial score (nSPS) is 13.8. The molecule has 234 valence electrons. The number of para-hydroxylation sites is 3. The van der Waals surface area contributed by atoms with Crippen molar-refractivity contribution in [3.8, 4) is 45.5 Å². The van der Waals surface area contributed by atoms with Gasteiger partial charge in [-0.15, -0.1) is 0 Å². The van der Waals surface area contributed by atoms with Crippen molar-refractivity contribution < 1.29 is 11.0 Å². The van der Waals surface area contributed by atoms with Gasteiger partial charge in [-0.1, -0.05) is 139 Å². The van der Waals surface area contributed by atoms with Gasteiger partial charge >= 0.3 is 0 Å². The summed E-state index contributed by atoms with van der Waals surface area (Å²) in [5.74, 6) is 1.36. The second-order valence-electron chi connectivity index (χ2n) is 11.9. The summed E-state index contributed by atoms with van der Waals surface area (Å²) in [6.45, 7) is 0. The molecule has 10 aromatic rings. The number of fused-ring (bicyclic) bond motifs is 6. The lowest BCUT2D eigenvalue weighted by Crippen LogP contribution is -2.06. The molecule has 50 heavy (non-hydrogen) atoms. The van der Waals surface area contributed by atoms with Crippen molar-refractivity contribution in [2.75, 3.05) is 0 Å². The van der Waals surface area contributed by atoms with Crippen LogP contribution < -0.4 is 0 Å². The van der Waals surface area contributed by atoms with E-state index in [-0.39, 0.29) is 46.0 Å². The number of hydrogen-bond donors (Lipinski definition) is 0. The zero-order valence-corrected chi connectivity index (χ0v) is 26.4. The van der Waals surface area contributed by atoms with E-state index in [4.69, 9.17) is 25.9 Å². The summed E-state index contributed by atoms with van der Waals surface area (Å²) in [5.41, 5.74) is 5.90. The molecule has 5 heteroatoms. The molecule has 0 saturated heterocycles. The maximum atomic E-state index is 8.99. The minimum absolute atomic E-state index is 0.0264. The van der Waals surface area contributed by atoms with E-state index in [2.05, 4.69) is 12.1 Å². The van der Waals surface area contributed by atoms with Gasteiger partial charge in [-0.25, -0.2) is 4.98 Å². The molecule has 0 radical (unpaired) electrons. The molecule has 0 atom stereocenters. The molecule has 0 N–H and O–H groups in total. The fourth-order valence-corrected chi connectivity index (χ4v) is 6.75. The van der Waals surface area contributed by atoms with E-state index in [1.165, 1.54) is 4.57 Å². The van der Waals surface area contributed by atoms with Crippen LogP contribution >= 0.6 is 0 Å². The van der Waals surface area contributed by atoms with Gasteiger partial charge in [-0.3, -0.25) is 4.57 Å². The monoisotopic (exact) mass is 647 g/mol. The van der Waals surface area contributed by atoms with E-state index in [0.29, 0.717) is 23.3 Å². The molecule has 5 nitrogen and oxygen atoms in total. The molecule has 3 aromatic heterocycles. The lowest BCUT2D eigenvalue weighted by Gasteiger charge is -2.12. The summed E-state index contributed by atoms with van der Waals surface area (Å²) in [6.07, 6.45) is 0. The van der Waals surface area contributed by atoms with E-state index < -0.39 is 24.2 Å². The third-order valence-electron chi connectivity index (χ3n) is 9.05. The predicted octanol–water partition coefficient (Wildman–Crippen LogP) is 11.1. The van der Waals surface area contributed by atoms with E-state index in [9.17, 15) is 0 Å². The largest absolute Gasteiger partial charge is 0.309 e. The zero-order chi connectivity index (χ0) is 40.0. The first-order valence-electron chi connectivity index (χ1n) is 20.1. The third kappa shape index (κ3) is 4.52. The lowest BCUT2D eigenvalue weighted by molar-refractivity contribution is 0.953. The smallest absolute Gasteiger partial charge is 0.238 e. The van der Waals surface area contributed by atoms with Crippen LogP contribution in [0.1, 0.15) is 11.0 Å². The van der Waals surface area contributed by atoms with Gasteiger partial charge in [0.15, 0.2) is 11.6 Å². The van der Waals surface area contributed by atoms with Crippen molar-refractivity contribution in [3.63, 3.8) is 0 Å². The van der Waals surface area contributed by atoms with Gasteiger partial charge in [0.1, 0.15) is 0 Å². The Morgan fingerprint density at radius 3 is 1.58 bits per heavy atom. The number of benzene rings is 7. The maximum Gasteiger partial charge on any atom is 0.238 e. The van der Waals surface area contributed by atoms with Crippen molar-refractivity contribution in [2.24, 2.45) is 0 Å². The molecule has 3 heterocycles. The summed E-state index contributed by atoms with van der Waals surface area (Å²) in [7, 11) is 0. The summed E-state index contributed by atoms with van der Waals surface area (Å²) in [4.78, 5) is 15.1. The predicted molar refractivity (Wildman–Crippen MR) is 205 cm³/mol. The highest BCUT2D eigenvalue weighted by Gasteiger charge is 2.19. The zero-order valence-electron chi connectivity index (χ0n) is 34.4. The van der Waals surface area contributed by atoms with Crippen LogP contribution in [0, 0.1) is 0 Å². The van der Waals surface area contributed by atoms with Crippen LogP contribution in [0.5, 0.6) is 0 Å². The van der Waals surface area contributed by atoms with Crippen LogP contribution in [0.2, 0.25) is 0 Å². The molecule has 0 saturated carbocycles. The molecule has 0 aliphatic carbocycles. The second-order valence-corrected chi connectivity index (χ2v) is 11.9. The summed E-state index contributed by atoms with van der Waals surface area (Å²) in [6, 6.07) is 37.9. The average molecular weight is 648 g/mol. The Balaban J connectivity index is 1.23. The molecule has 10 rings (SSSR count). The van der Waals surface area contributed by atoms with Crippen LogP contribution in [0.25, 0.3) is 89.2 Å². The van der Waals surface area contributed by atoms with Gasteiger partial charge < -0.3 is 4.57 Å². The highest BCUT2D eigenvalue weighted by molar-refractivity contribution is 6.12. The molecule has 0 bridgehead atoms. The topological polar surface area (TPSA) is 48.5 Å².